The Balaban J connectivity index is 1.90. The van der Waals surface area contributed by atoms with Crippen LogP contribution < -0.4 is 10.5 Å². The zero-order valence-corrected chi connectivity index (χ0v) is 9.63. The number of rotatable bonds is 6. The fourth-order valence-electron chi connectivity index (χ4n) is 1.53. The highest BCUT2D eigenvalue weighted by Gasteiger charge is 1.97. The molecule has 2 rings (SSSR count). The number of nitrogens with two attached hydrogens (primary N) is 1. The zero-order valence-electron chi connectivity index (χ0n) is 9.63. The van der Waals surface area contributed by atoms with E-state index >= 15 is 0 Å². The van der Waals surface area contributed by atoms with Crippen molar-refractivity contribution >= 4 is 10.9 Å². The van der Waals surface area contributed by atoms with Crippen LogP contribution in [-0.4, -0.2) is 31.3 Å². The Morgan fingerprint density at radius 2 is 2.00 bits per heavy atom. The number of pyridine rings is 1. The van der Waals surface area contributed by atoms with Crippen LogP contribution in [0.2, 0.25) is 0 Å². The van der Waals surface area contributed by atoms with E-state index in [0.29, 0.717) is 26.4 Å². The van der Waals surface area contributed by atoms with Crippen molar-refractivity contribution in [2.24, 2.45) is 5.73 Å². The molecule has 0 saturated carbocycles. The molecule has 2 N–H and O–H groups in total. The van der Waals surface area contributed by atoms with Crippen LogP contribution in [-0.2, 0) is 4.74 Å². The van der Waals surface area contributed by atoms with Gasteiger partial charge in [-0.05, 0) is 12.1 Å². The van der Waals surface area contributed by atoms with Gasteiger partial charge in [0.2, 0.25) is 0 Å². The molecule has 4 nitrogen and oxygen atoms in total. The number of fused-ring (bicyclic) bond motifs is 1. The molecule has 0 aliphatic carbocycles. The van der Waals surface area contributed by atoms with Gasteiger partial charge in [-0.1, -0.05) is 18.2 Å². The van der Waals surface area contributed by atoms with Gasteiger partial charge < -0.3 is 15.2 Å². The van der Waals surface area contributed by atoms with Gasteiger partial charge >= 0.3 is 0 Å². The van der Waals surface area contributed by atoms with Crippen molar-refractivity contribution in [3.05, 3.63) is 36.5 Å². The highest BCUT2D eigenvalue weighted by Crippen LogP contribution is 2.17. The number of hydrogen-bond acceptors (Lipinski definition) is 4. The molecule has 0 bridgehead atoms. The maximum Gasteiger partial charge on any atom is 0.138 e. The van der Waals surface area contributed by atoms with Gasteiger partial charge in [0.1, 0.15) is 12.4 Å². The molecule has 1 heterocycles. The fraction of sp³-hybridized carbons (Fsp3) is 0.308. The minimum Gasteiger partial charge on any atom is -0.490 e. The summed E-state index contributed by atoms with van der Waals surface area (Å²) < 4.78 is 10.8. The number of para-hydroxylation sites is 1. The van der Waals surface area contributed by atoms with Gasteiger partial charge in [0.05, 0.1) is 24.9 Å². The highest BCUT2D eigenvalue weighted by molar-refractivity contribution is 5.79. The minimum atomic E-state index is 0.514. The molecule has 0 saturated heterocycles. The summed E-state index contributed by atoms with van der Waals surface area (Å²) in [6.07, 6.45) is 1.73. The molecule has 0 atom stereocenters. The van der Waals surface area contributed by atoms with Crippen molar-refractivity contribution in [1.82, 2.24) is 4.98 Å². The number of nitrogens with zero attached hydrogens (tertiary/aromatic N) is 1. The monoisotopic (exact) mass is 232 g/mol. The van der Waals surface area contributed by atoms with E-state index in [1.807, 2.05) is 30.3 Å². The van der Waals surface area contributed by atoms with Gasteiger partial charge in [-0.25, -0.2) is 0 Å². The highest BCUT2D eigenvalue weighted by atomic mass is 16.5. The van der Waals surface area contributed by atoms with Crippen LogP contribution in [0.1, 0.15) is 0 Å². The number of aromatic nitrogens is 1. The maximum absolute atomic E-state index is 5.53. The van der Waals surface area contributed by atoms with Gasteiger partial charge in [0.15, 0.2) is 0 Å². The molecule has 2 aromatic rings. The molecule has 0 aliphatic rings. The van der Waals surface area contributed by atoms with E-state index in [1.54, 1.807) is 6.20 Å². The summed E-state index contributed by atoms with van der Waals surface area (Å²) in [5, 5.41) is 1.08. The first kappa shape index (κ1) is 11.8. The van der Waals surface area contributed by atoms with Gasteiger partial charge in [0, 0.05) is 11.9 Å². The van der Waals surface area contributed by atoms with Crippen LogP contribution in [0.15, 0.2) is 36.5 Å². The van der Waals surface area contributed by atoms with Crippen molar-refractivity contribution in [3.63, 3.8) is 0 Å². The van der Waals surface area contributed by atoms with Crippen molar-refractivity contribution in [2.45, 2.75) is 0 Å². The van der Waals surface area contributed by atoms with Crippen LogP contribution in [0.4, 0.5) is 0 Å². The first-order chi connectivity index (χ1) is 8.40. The van der Waals surface area contributed by atoms with Crippen LogP contribution in [0, 0.1) is 0 Å². The molecule has 17 heavy (non-hydrogen) atoms. The van der Waals surface area contributed by atoms with Crippen molar-refractivity contribution in [2.75, 3.05) is 26.4 Å². The summed E-state index contributed by atoms with van der Waals surface area (Å²) >= 11 is 0. The summed E-state index contributed by atoms with van der Waals surface area (Å²) in [4.78, 5) is 4.31. The average Bonchev–Trinajstić information content (AvgIpc) is 2.38. The third-order valence-electron chi connectivity index (χ3n) is 2.32. The summed E-state index contributed by atoms with van der Waals surface area (Å²) in [6.45, 7) is 2.17. The van der Waals surface area contributed by atoms with E-state index in [9.17, 15) is 0 Å². The van der Waals surface area contributed by atoms with E-state index in [1.165, 1.54) is 0 Å². The van der Waals surface area contributed by atoms with E-state index in [2.05, 4.69) is 4.98 Å². The average molecular weight is 232 g/mol. The van der Waals surface area contributed by atoms with Crippen LogP contribution in [0.5, 0.6) is 5.75 Å². The molecule has 4 heteroatoms. The fourth-order valence-corrected chi connectivity index (χ4v) is 1.53. The van der Waals surface area contributed by atoms with Crippen molar-refractivity contribution < 1.29 is 9.47 Å². The lowest BCUT2D eigenvalue weighted by Gasteiger charge is -2.07. The quantitative estimate of drug-likeness (QED) is 0.768. The summed E-state index contributed by atoms with van der Waals surface area (Å²) in [6, 6.07) is 9.92. The predicted octanol–water partition coefficient (Wildman–Crippen LogP) is 1.59. The number of hydrogen-bond donors (Lipinski definition) is 1. The maximum atomic E-state index is 5.53. The Bertz CT molecular complexity index is 474. The van der Waals surface area contributed by atoms with E-state index in [4.69, 9.17) is 15.2 Å². The topological polar surface area (TPSA) is 57.4 Å². The summed E-state index contributed by atoms with van der Waals surface area (Å²) in [5.74, 6) is 0.764. The third kappa shape index (κ3) is 3.41. The van der Waals surface area contributed by atoms with E-state index in [-0.39, 0.29) is 0 Å². The first-order valence-electron chi connectivity index (χ1n) is 5.65. The molecular weight excluding hydrogens is 216 g/mol. The summed E-state index contributed by atoms with van der Waals surface area (Å²) in [5.41, 5.74) is 6.28. The van der Waals surface area contributed by atoms with E-state index < -0.39 is 0 Å². The van der Waals surface area contributed by atoms with Gasteiger partial charge in [-0.3, -0.25) is 4.98 Å². The predicted molar refractivity (Wildman–Crippen MR) is 67.1 cm³/mol. The Morgan fingerprint density at radius 1 is 1.12 bits per heavy atom. The molecule has 0 amide bonds. The Hall–Kier alpha value is -1.65. The number of benzene rings is 1. The Labute approximate surface area is 100 Å². The third-order valence-corrected chi connectivity index (χ3v) is 2.32. The zero-order chi connectivity index (χ0) is 11.9. The standard InChI is InChI=1S/C13H16N2O2/c14-5-6-16-7-8-17-12-9-11-3-1-2-4-13(11)15-10-12/h1-4,9-10H,5-8,14H2. The minimum absolute atomic E-state index is 0.514. The first-order valence-corrected chi connectivity index (χ1v) is 5.65. The normalized spacial score (nSPS) is 10.6. The second-order valence-electron chi connectivity index (χ2n) is 3.61. The second-order valence-corrected chi connectivity index (χ2v) is 3.61. The molecule has 90 valence electrons. The Morgan fingerprint density at radius 3 is 2.88 bits per heavy atom. The molecule has 0 aliphatic heterocycles. The molecule has 0 unspecified atom stereocenters. The van der Waals surface area contributed by atoms with Crippen LogP contribution in [0.25, 0.3) is 10.9 Å². The van der Waals surface area contributed by atoms with Crippen molar-refractivity contribution in [1.29, 1.82) is 0 Å². The molecule has 0 fully saturated rings. The lowest BCUT2D eigenvalue weighted by molar-refractivity contribution is 0.106. The Kier molecular flexibility index (Phi) is 4.30. The molecular formula is C13H16N2O2. The van der Waals surface area contributed by atoms with Gasteiger partial charge in [0.25, 0.3) is 0 Å². The smallest absolute Gasteiger partial charge is 0.138 e. The van der Waals surface area contributed by atoms with Gasteiger partial charge in [-0.15, -0.1) is 0 Å². The molecule has 1 aromatic heterocycles. The lowest BCUT2D eigenvalue weighted by Crippen LogP contribution is -2.13. The van der Waals surface area contributed by atoms with E-state index in [0.717, 1.165) is 16.7 Å². The summed E-state index contributed by atoms with van der Waals surface area (Å²) in [7, 11) is 0. The largest absolute Gasteiger partial charge is 0.490 e. The van der Waals surface area contributed by atoms with Crippen LogP contribution >= 0.6 is 0 Å². The SMILES string of the molecule is NCCOCCOc1cnc2ccccc2c1. The van der Waals surface area contributed by atoms with Crippen LogP contribution in [0.3, 0.4) is 0 Å². The second kappa shape index (κ2) is 6.18. The number of ether oxygens (including phenoxy) is 2. The van der Waals surface area contributed by atoms with Crippen molar-refractivity contribution in [3.8, 4) is 5.75 Å². The molecule has 0 spiro atoms. The lowest BCUT2D eigenvalue weighted by atomic mass is 10.2. The molecule has 1 aromatic carbocycles. The molecule has 0 radical (unpaired) electrons. The van der Waals surface area contributed by atoms with Gasteiger partial charge in [-0.2, -0.15) is 0 Å².